The molecule has 5 heteroatoms. The molecule has 0 bridgehead atoms. The highest BCUT2D eigenvalue weighted by Crippen LogP contribution is 2.20. The standard InChI is InChI=1S/C17H21N3O2/c1-17(2,3)22-16(21)20-19-15(13-7-5-4-6-8-13)14-9-11-18-12-10-14/h4-12,15,19H,1-3H3,(H,20,21). The molecule has 0 fully saturated rings. The summed E-state index contributed by atoms with van der Waals surface area (Å²) < 4.78 is 5.23. The van der Waals surface area contributed by atoms with Crippen molar-refractivity contribution < 1.29 is 9.53 Å². The molecule has 0 saturated carbocycles. The van der Waals surface area contributed by atoms with Gasteiger partial charge in [0.15, 0.2) is 0 Å². The predicted molar refractivity (Wildman–Crippen MR) is 85.0 cm³/mol. The fourth-order valence-corrected chi connectivity index (χ4v) is 2.00. The van der Waals surface area contributed by atoms with Crippen LogP contribution in [0.5, 0.6) is 0 Å². The third kappa shape index (κ3) is 4.86. The summed E-state index contributed by atoms with van der Waals surface area (Å²) in [5, 5.41) is 0. The van der Waals surface area contributed by atoms with Gasteiger partial charge in [-0.05, 0) is 44.0 Å². The van der Waals surface area contributed by atoms with Gasteiger partial charge in [-0.25, -0.2) is 10.2 Å². The highest BCUT2D eigenvalue weighted by molar-refractivity contribution is 5.67. The molecular weight excluding hydrogens is 278 g/mol. The van der Waals surface area contributed by atoms with Gasteiger partial charge in [0.25, 0.3) is 0 Å². The molecule has 1 aromatic carbocycles. The van der Waals surface area contributed by atoms with E-state index in [1.54, 1.807) is 12.4 Å². The van der Waals surface area contributed by atoms with E-state index in [1.807, 2.05) is 63.2 Å². The first-order valence-corrected chi connectivity index (χ1v) is 7.15. The van der Waals surface area contributed by atoms with Crippen LogP contribution in [-0.4, -0.2) is 16.7 Å². The Morgan fingerprint density at radius 1 is 1.05 bits per heavy atom. The van der Waals surface area contributed by atoms with Crippen molar-refractivity contribution in [3.05, 3.63) is 66.0 Å². The summed E-state index contributed by atoms with van der Waals surface area (Å²) in [6, 6.07) is 13.5. The fraction of sp³-hybridized carbons (Fsp3) is 0.294. The minimum atomic E-state index is -0.537. The number of ether oxygens (including phenoxy) is 1. The van der Waals surface area contributed by atoms with Crippen LogP contribution >= 0.6 is 0 Å². The van der Waals surface area contributed by atoms with Crippen LogP contribution in [0, 0.1) is 0 Å². The Hall–Kier alpha value is -2.40. The van der Waals surface area contributed by atoms with E-state index in [9.17, 15) is 4.79 Å². The number of carbonyl (C=O) groups excluding carboxylic acids is 1. The molecule has 0 aliphatic heterocycles. The molecule has 2 aromatic rings. The van der Waals surface area contributed by atoms with E-state index in [1.165, 1.54) is 0 Å². The summed E-state index contributed by atoms with van der Waals surface area (Å²) in [6.07, 6.45) is 2.93. The highest BCUT2D eigenvalue weighted by atomic mass is 16.6. The van der Waals surface area contributed by atoms with Crippen LogP contribution in [0.3, 0.4) is 0 Å². The number of pyridine rings is 1. The Morgan fingerprint density at radius 3 is 2.23 bits per heavy atom. The van der Waals surface area contributed by atoms with Crippen LogP contribution in [0.15, 0.2) is 54.9 Å². The van der Waals surface area contributed by atoms with Gasteiger partial charge in [-0.3, -0.25) is 10.4 Å². The number of aromatic nitrogens is 1. The van der Waals surface area contributed by atoms with Crippen molar-refractivity contribution in [1.82, 2.24) is 15.8 Å². The molecule has 0 spiro atoms. The van der Waals surface area contributed by atoms with Crippen LogP contribution < -0.4 is 10.9 Å². The van der Waals surface area contributed by atoms with E-state index in [0.29, 0.717) is 0 Å². The van der Waals surface area contributed by atoms with Crippen LogP contribution in [0.25, 0.3) is 0 Å². The normalized spacial score (nSPS) is 12.5. The maximum atomic E-state index is 11.8. The molecule has 1 atom stereocenters. The van der Waals surface area contributed by atoms with Crippen LogP contribution in [0.1, 0.15) is 37.9 Å². The van der Waals surface area contributed by atoms with E-state index in [-0.39, 0.29) is 6.04 Å². The fourth-order valence-electron chi connectivity index (χ4n) is 2.00. The molecule has 0 radical (unpaired) electrons. The van der Waals surface area contributed by atoms with Gasteiger partial charge in [0.2, 0.25) is 0 Å². The van der Waals surface area contributed by atoms with E-state index >= 15 is 0 Å². The Balaban J connectivity index is 2.11. The number of carbonyl (C=O) groups is 1. The van der Waals surface area contributed by atoms with Crippen molar-refractivity contribution in [1.29, 1.82) is 0 Å². The number of nitrogens with zero attached hydrogens (tertiary/aromatic N) is 1. The van der Waals surface area contributed by atoms with Crippen molar-refractivity contribution in [2.75, 3.05) is 0 Å². The number of hydrogen-bond acceptors (Lipinski definition) is 4. The van der Waals surface area contributed by atoms with E-state index in [4.69, 9.17) is 4.74 Å². The summed E-state index contributed by atoms with van der Waals surface area (Å²) >= 11 is 0. The lowest BCUT2D eigenvalue weighted by molar-refractivity contribution is 0.0492. The van der Waals surface area contributed by atoms with Gasteiger partial charge in [-0.15, -0.1) is 0 Å². The van der Waals surface area contributed by atoms with Crippen molar-refractivity contribution >= 4 is 6.09 Å². The Bertz CT molecular complexity index is 555. The molecule has 116 valence electrons. The lowest BCUT2D eigenvalue weighted by Gasteiger charge is -2.23. The van der Waals surface area contributed by atoms with Crippen LogP contribution in [0.4, 0.5) is 4.79 Å². The molecule has 1 aromatic heterocycles. The van der Waals surface area contributed by atoms with Gasteiger partial charge < -0.3 is 4.74 Å². The van der Waals surface area contributed by atoms with Gasteiger partial charge in [-0.2, -0.15) is 0 Å². The van der Waals surface area contributed by atoms with Gasteiger partial charge in [0.1, 0.15) is 5.60 Å². The lowest BCUT2D eigenvalue weighted by Crippen LogP contribution is -2.43. The second-order valence-corrected chi connectivity index (χ2v) is 5.90. The predicted octanol–water partition coefficient (Wildman–Crippen LogP) is 3.20. The topological polar surface area (TPSA) is 63.2 Å². The minimum Gasteiger partial charge on any atom is -0.443 e. The van der Waals surface area contributed by atoms with Gasteiger partial charge in [0, 0.05) is 12.4 Å². The first-order valence-electron chi connectivity index (χ1n) is 7.15. The number of hydrogen-bond donors (Lipinski definition) is 2. The second-order valence-electron chi connectivity index (χ2n) is 5.90. The maximum absolute atomic E-state index is 11.8. The zero-order chi connectivity index (χ0) is 16.0. The molecule has 0 aliphatic rings. The average molecular weight is 299 g/mol. The zero-order valence-corrected chi connectivity index (χ0v) is 13.0. The lowest BCUT2D eigenvalue weighted by atomic mass is 10.0. The molecule has 2 N–H and O–H groups in total. The van der Waals surface area contributed by atoms with E-state index in [2.05, 4.69) is 15.8 Å². The quantitative estimate of drug-likeness (QED) is 0.851. The third-order valence-corrected chi connectivity index (χ3v) is 2.89. The summed E-state index contributed by atoms with van der Waals surface area (Å²) in [5.41, 5.74) is 7.12. The van der Waals surface area contributed by atoms with Crippen molar-refractivity contribution in [2.24, 2.45) is 0 Å². The molecule has 5 nitrogen and oxygen atoms in total. The van der Waals surface area contributed by atoms with Crippen molar-refractivity contribution in [3.8, 4) is 0 Å². The van der Waals surface area contributed by atoms with Crippen LogP contribution in [0.2, 0.25) is 0 Å². The average Bonchev–Trinajstić information content (AvgIpc) is 2.48. The minimum absolute atomic E-state index is 0.184. The van der Waals surface area contributed by atoms with E-state index in [0.717, 1.165) is 11.1 Å². The highest BCUT2D eigenvalue weighted by Gasteiger charge is 2.18. The zero-order valence-electron chi connectivity index (χ0n) is 13.0. The molecule has 1 amide bonds. The number of amides is 1. The Morgan fingerprint density at radius 2 is 1.64 bits per heavy atom. The Labute approximate surface area is 130 Å². The molecule has 2 rings (SSSR count). The molecule has 1 heterocycles. The number of nitrogens with one attached hydrogen (secondary N) is 2. The van der Waals surface area contributed by atoms with Gasteiger partial charge in [0.05, 0.1) is 6.04 Å². The van der Waals surface area contributed by atoms with Crippen molar-refractivity contribution in [2.45, 2.75) is 32.4 Å². The summed E-state index contributed by atoms with van der Waals surface area (Å²) in [4.78, 5) is 15.8. The third-order valence-electron chi connectivity index (χ3n) is 2.89. The first kappa shape index (κ1) is 16.0. The first-order chi connectivity index (χ1) is 10.5. The summed E-state index contributed by atoms with van der Waals surface area (Å²) in [6.45, 7) is 5.47. The van der Waals surface area contributed by atoms with E-state index < -0.39 is 11.7 Å². The molecular formula is C17H21N3O2. The summed E-state index contributed by atoms with van der Waals surface area (Å²) in [7, 11) is 0. The molecule has 22 heavy (non-hydrogen) atoms. The monoisotopic (exact) mass is 299 g/mol. The maximum Gasteiger partial charge on any atom is 0.422 e. The number of benzene rings is 1. The second kappa shape index (κ2) is 7.04. The molecule has 0 saturated heterocycles. The Kier molecular flexibility index (Phi) is 5.12. The molecule has 0 aliphatic carbocycles. The number of rotatable bonds is 4. The number of hydrazine groups is 1. The van der Waals surface area contributed by atoms with Crippen molar-refractivity contribution in [3.63, 3.8) is 0 Å². The smallest absolute Gasteiger partial charge is 0.422 e. The summed E-state index contributed by atoms with van der Waals surface area (Å²) in [5.74, 6) is 0. The molecule has 1 unspecified atom stereocenters. The SMILES string of the molecule is CC(C)(C)OC(=O)NNC(c1ccccc1)c1ccncc1. The largest absolute Gasteiger partial charge is 0.443 e. The van der Waals surface area contributed by atoms with Crippen LogP contribution in [-0.2, 0) is 4.74 Å². The van der Waals surface area contributed by atoms with Gasteiger partial charge >= 0.3 is 6.09 Å². The van der Waals surface area contributed by atoms with Gasteiger partial charge in [-0.1, -0.05) is 30.3 Å².